The van der Waals surface area contributed by atoms with E-state index in [9.17, 15) is 22.8 Å². The zero-order valence-electron chi connectivity index (χ0n) is 19.0. The van der Waals surface area contributed by atoms with Crippen LogP contribution >= 0.6 is 0 Å². The normalized spacial score (nSPS) is 18.3. The van der Waals surface area contributed by atoms with Crippen LogP contribution in [0.5, 0.6) is 0 Å². The highest BCUT2D eigenvalue weighted by molar-refractivity contribution is 6.05. The maximum atomic E-state index is 13.2. The fraction of sp³-hybridized carbons (Fsp3) is 0.360. The number of aryl methyl sites for hydroxylation is 1. The lowest BCUT2D eigenvalue weighted by Gasteiger charge is -2.28. The fourth-order valence-corrected chi connectivity index (χ4v) is 4.65. The number of aliphatic carboxylic acids is 1. The van der Waals surface area contributed by atoms with E-state index in [2.05, 4.69) is 27.5 Å². The minimum absolute atomic E-state index is 0.236. The first kappa shape index (κ1) is 24.4. The number of carboxylic acids is 1. The zero-order valence-corrected chi connectivity index (χ0v) is 19.0. The summed E-state index contributed by atoms with van der Waals surface area (Å²) in [7, 11) is 1.13. The monoisotopic (exact) mass is 486 g/mol. The smallest absolute Gasteiger partial charge is 0.433 e. The summed E-state index contributed by atoms with van der Waals surface area (Å²) >= 11 is 0. The molecule has 7 nitrogen and oxygen atoms in total. The average molecular weight is 486 g/mol. The van der Waals surface area contributed by atoms with Crippen LogP contribution in [-0.2, 0) is 18.0 Å². The van der Waals surface area contributed by atoms with Gasteiger partial charge < -0.3 is 10.4 Å². The summed E-state index contributed by atoms with van der Waals surface area (Å²) in [6.45, 7) is 0. The molecule has 0 radical (unpaired) electrons. The van der Waals surface area contributed by atoms with E-state index in [1.807, 2.05) is 12.1 Å². The number of halogens is 3. The second kappa shape index (κ2) is 9.89. The number of benzene rings is 1. The van der Waals surface area contributed by atoms with Gasteiger partial charge in [0.1, 0.15) is 0 Å². The van der Waals surface area contributed by atoms with Crippen molar-refractivity contribution < 1.29 is 27.9 Å². The van der Waals surface area contributed by atoms with Crippen molar-refractivity contribution in [3.8, 4) is 11.3 Å². The van der Waals surface area contributed by atoms with E-state index in [1.54, 1.807) is 12.1 Å². The van der Waals surface area contributed by atoms with Crippen LogP contribution in [0.15, 0.2) is 48.8 Å². The third-order valence-corrected chi connectivity index (χ3v) is 6.46. The third-order valence-electron chi connectivity index (χ3n) is 6.46. The van der Waals surface area contributed by atoms with E-state index in [4.69, 9.17) is 5.11 Å². The molecule has 1 saturated carbocycles. The van der Waals surface area contributed by atoms with E-state index >= 15 is 0 Å². The number of amides is 1. The van der Waals surface area contributed by atoms with Gasteiger partial charge in [0.25, 0.3) is 5.91 Å². The van der Waals surface area contributed by atoms with Crippen molar-refractivity contribution in [1.29, 1.82) is 0 Å². The number of hydrogen-bond donors (Lipinski definition) is 2. The van der Waals surface area contributed by atoms with Crippen molar-refractivity contribution in [2.75, 3.05) is 5.32 Å². The highest BCUT2D eigenvalue weighted by atomic mass is 19.4. The molecule has 1 aliphatic carbocycles. The molecule has 0 aliphatic heterocycles. The largest absolute Gasteiger partial charge is 0.481 e. The van der Waals surface area contributed by atoms with Crippen LogP contribution in [0.4, 0.5) is 18.9 Å². The molecular formula is C25H25F3N4O3. The summed E-state index contributed by atoms with van der Waals surface area (Å²) in [6.07, 6.45) is 1.58. The number of aromatic nitrogens is 3. The molecule has 0 saturated heterocycles. The lowest BCUT2D eigenvalue weighted by atomic mass is 9.77. The Balaban J connectivity index is 1.39. The van der Waals surface area contributed by atoms with Gasteiger partial charge in [0.15, 0.2) is 5.69 Å². The first-order valence-corrected chi connectivity index (χ1v) is 11.3. The number of pyridine rings is 1. The predicted octanol–water partition coefficient (Wildman–Crippen LogP) is 5.50. The summed E-state index contributed by atoms with van der Waals surface area (Å²) in [4.78, 5) is 27.6. The van der Waals surface area contributed by atoms with Gasteiger partial charge in [-0.05, 0) is 55.2 Å². The van der Waals surface area contributed by atoms with Crippen molar-refractivity contribution in [1.82, 2.24) is 14.8 Å². The van der Waals surface area contributed by atoms with Crippen molar-refractivity contribution in [3.05, 3.63) is 65.6 Å². The standard InChI is InChI=1S/C25H25F3N4O3/c1-32-23(25(26,27)28)20(14-30-32)24(35)31-19-10-11-21(29-13-19)18-8-6-17(7-9-18)16-4-2-15(3-5-16)12-22(33)34/h6-11,13-16H,2-5,12H2,1H3,(H,31,35)(H,33,34). The number of rotatable bonds is 6. The van der Waals surface area contributed by atoms with Crippen LogP contribution in [0, 0.1) is 5.92 Å². The van der Waals surface area contributed by atoms with E-state index in [-0.39, 0.29) is 18.0 Å². The maximum absolute atomic E-state index is 13.2. The molecule has 0 unspecified atom stereocenters. The first-order chi connectivity index (χ1) is 16.6. The molecule has 2 heterocycles. The fourth-order valence-electron chi connectivity index (χ4n) is 4.65. The van der Waals surface area contributed by atoms with Crippen molar-refractivity contribution in [2.45, 2.75) is 44.2 Å². The number of carbonyl (C=O) groups is 2. The molecule has 2 N–H and O–H groups in total. The number of carbonyl (C=O) groups excluding carboxylic acids is 1. The molecule has 35 heavy (non-hydrogen) atoms. The molecule has 0 bridgehead atoms. The van der Waals surface area contributed by atoms with Crippen LogP contribution < -0.4 is 5.32 Å². The van der Waals surface area contributed by atoms with Gasteiger partial charge >= 0.3 is 12.1 Å². The molecule has 1 aromatic carbocycles. The summed E-state index contributed by atoms with van der Waals surface area (Å²) in [6, 6.07) is 11.3. The SMILES string of the molecule is Cn1ncc(C(=O)Nc2ccc(-c3ccc(C4CCC(CC(=O)O)CC4)cc3)nc2)c1C(F)(F)F. The number of nitrogens with zero attached hydrogens (tertiary/aromatic N) is 3. The Morgan fingerprint density at radius 3 is 2.31 bits per heavy atom. The van der Waals surface area contributed by atoms with Gasteiger partial charge in [-0.3, -0.25) is 19.3 Å². The van der Waals surface area contributed by atoms with Crippen LogP contribution in [0.3, 0.4) is 0 Å². The summed E-state index contributed by atoms with van der Waals surface area (Å²) in [5, 5.41) is 15.0. The van der Waals surface area contributed by atoms with E-state index in [0.717, 1.165) is 44.5 Å². The lowest BCUT2D eigenvalue weighted by molar-refractivity contribution is -0.144. The van der Waals surface area contributed by atoms with Crippen LogP contribution in [-0.4, -0.2) is 31.7 Å². The molecular weight excluding hydrogens is 461 g/mol. The van der Waals surface area contributed by atoms with Gasteiger partial charge in [0.2, 0.25) is 0 Å². The second-order valence-electron chi connectivity index (χ2n) is 8.85. The number of nitrogens with one attached hydrogen (secondary N) is 1. The van der Waals surface area contributed by atoms with E-state index in [0.29, 0.717) is 16.3 Å². The maximum Gasteiger partial charge on any atom is 0.433 e. The molecule has 10 heteroatoms. The Bertz CT molecular complexity index is 1200. The Labute approximate surface area is 200 Å². The molecule has 0 spiro atoms. The summed E-state index contributed by atoms with van der Waals surface area (Å²) in [5.41, 5.74) is 1.34. The van der Waals surface area contributed by atoms with Gasteiger partial charge in [-0.15, -0.1) is 0 Å². The minimum atomic E-state index is -4.70. The van der Waals surface area contributed by atoms with Crippen molar-refractivity contribution in [3.63, 3.8) is 0 Å². The number of alkyl halides is 3. The highest BCUT2D eigenvalue weighted by Gasteiger charge is 2.39. The molecule has 1 amide bonds. The number of carboxylic acid groups (broad SMARTS) is 1. The minimum Gasteiger partial charge on any atom is -0.481 e. The highest BCUT2D eigenvalue weighted by Crippen LogP contribution is 2.37. The Morgan fingerprint density at radius 1 is 1.06 bits per heavy atom. The van der Waals surface area contributed by atoms with Gasteiger partial charge in [-0.2, -0.15) is 18.3 Å². The van der Waals surface area contributed by atoms with Crippen molar-refractivity contribution in [2.24, 2.45) is 13.0 Å². The molecule has 1 aliphatic rings. The lowest BCUT2D eigenvalue weighted by Crippen LogP contribution is -2.20. The zero-order chi connectivity index (χ0) is 25.2. The van der Waals surface area contributed by atoms with Crippen LogP contribution in [0.1, 0.15) is 59.6 Å². The average Bonchev–Trinajstić information content (AvgIpc) is 3.22. The second-order valence-corrected chi connectivity index (χ2v) is 8.85. The van der Waals surface area contributed by atoms with Gasteiger partial charge in [-0.25, -0.2) is 0 Å². The quantitative estimate of drug-likeness (QED) is 0.480. The van der Waals surface area contributed by atoms with Crippen LogP contribution in [0.2, 0.25) is 0 Å². The number of hydrogen-bond acceptors (Lipinski definition) is 4. The molecule has 184 valence electrons. The van der Waals surface area contributed by atoms with Gasteiger partial charge in [-0.1, -0.05) is 24.3 Å². The Hall–Kier alpha value is -3.69. The summed E-state index contributed by atoms with van der Waals surface area (Å²) < 4.78 is 40.3. The van der Waals surface area contributed by atoms with Gasteiger partial charge in [0.05, 0.1) is 29.3 Å². The van der Waals surface area contributed by atoms with E-state index in [1.165, 1.54) is 11.8 Å². The molecule has 2 aromatic heterocycles. The van der Waals surface area contributed by atoms with E-state index < -0.39 is 29.3 Å². The molecule has 4 rings (SSSR count). The molecule has 1 fully saturated rings. The molecule has 0 atom stereocenters. The Morgan fingerprint density at radius 2 is 1.74 bits per heavy atom. The van der Waals surface area contributed by atoms with Crippen LogP contribution in [0.25, 0.3) is 11.3 Å². The van der Waals surface area contributed by atoms with Gasteiger partial charge in [0, 0.05) is 19.0 Å². The first-order valence-electron chi connectivity index (χ1n) is 11.3. The number of anilines is 1. The predicted molar refractivity (Wildman–Crippen MR) is 123 cm³/mol. The molecule has 3 aromatic rings. The third kappa shape index (κ3) is 5.70. The topological polar surface area (TPSA) is 97.1 Å². The van der Waals surface area contributed by atoms with Crippen molar-refractivity contribution >= 4 is 17.6 Å². The summed E-state index contributed by atoms with van der Waals surface area (Å²) in [5.74, 6) is -0.987. The Kier molecular flexibility index (Phi) is 6.90.